The summed E-state index contributed by atoms with van der Waals surface area (Å²) >= 11 is 5.65. The second-order valence-electron chi connectivity index (χ2n) is 3.93. The predicted molar refractivity (Wildman–Crippen MR) is 62.4 cm³/mol. The second kappa shape index (κ2) is 7.15. The number of aliphatic hydroxyl groups is 1. The Labute approximate surface area is 92.9 Å². The molecule has 0 aromatic rings. The molecule has 0 fully saturated rings. The van der Waals surface area contributed by atoms with E-state index in [4.69, 9.17) is 18.0 Å². The third-order valence-corrected chi connectivity index (χ3v) is 3.10. The van der Waals surface area contributed by atoms with E-state index in [2.05, 4.69) is 19.8 Å². The van der Waals surface area contributed by atoms with E-state index in [1.165, 1.54) is 12.8 Å². The first-order valence-corrected chi connectivity index (χ1v) is 5.91. The topological polar surface area (TPSA) is 20.2 Å². The Hall–Kier alpha value is -0.190. The van der Waals surface area contributed by atoms with Crippen LogP contribution in [0.25, 0.3) is 0 Å². The number of terminal acetylenes is 1. The molecule has 0 aromatic carbocycles. The van der Waals surface area contributed by atoms with Crippen molar-refractivity contribution >= 4 is 11.6 Å². The van der Waals surface area contributed by atoms with Crippen LogP contribution in [0.3, 0.4) is 0 Å². The lowest BCUT2D eigenvalue weighted by molar-refractivity contribution is 0.0916. The summed E-state index contributed by atoms with van der Waals surface area (Å²) in [5.41, 5.74) is -1.10. The number of halogens is 1. The van der Waals surface area contributed by atoms with Crippen LogP contribution < -0.4 is 0 Å². The third kappa shape index (κ3) is 4.88. The van der Waals surface area contributed by atoms with Gasteiger partial charge in [-0.05, 0) is 12.3 Å². The number of hydrogen-bond donors (Lipinski definition) is 1. The molecule has 1 N–H and O–H groups in total. The lowest BCUT2D eigenvalue weighted by Gasteiger charge is -2.24. The van der Waals surface area contributed by atoms with E-state index in [9.17, 15) is 5.11 Å². The van der Waals surface area contributed by atoms with Gasteiger partial charge in [-0.2, -0.15) is 0 Å². The molecule has 2 atom stereocenters. The molecule has 0 saturated heterocycles. The quantitative estimate of drug-likeness (QED) is 0.512. The number of rotatable bonds is 7. The molecule has 1 nitrogen and oxygen atoms in total. The maximum absolute atomic E-state index is 9.86. The number of unbranched alkanes of at least 4 members (excludes halogenated alkanes) is 1. The molecule has 82 valence electrons. The fraction of sp³-hybridized carbons (Fsp3) is 0.833. The molecule has 0 rings (SSSR count). The Morgan fingerprint density at radius 1 is 1.50 bits per heavy atom. The first-order valence-electron chi connectivity index (χ1n) is 5.38. The zero-order chi connectivity index (χ0) is 11.0. The molecule has 2 unspecified atom stereocenters. The molecule has 0 spiro atoms. The van der Waals surface area contributed by atoms with E-state index in [1.807, 2.05) is 0 Å². The molecular weight excluding hydrogens is 196 g/mol. The minimum Gasteiger partial charge on any atom is -0.376 e. The lowest BCUT2D eigenvalue weighted by Crippen LogP contribution is -2.31. The lowest BCUT2D eigenvalue weighted by atomic mass is 9.87. The Morgan fingerprint density at radius 2 is 2.14 bits per heavy atom. The fourth-order valence-corrected chi connectivity index (χ4v) is 1.76. The van der Waals surface area contributed by atoms with Crippen LogP contribution >= 0.6 is 11.6 Å². The van der Waals surface area contributed by atoms with Crippen LogP contribution in [0.15, 0.2) is 0 Å². The summed E-state index contributed by atoms with van der Waals surface area (Å²) in [6.07, 6.45) is 10.5. The van der Waals surface area contributed by atoms with Gasteiger partial charge in [0.1, 0.15) is 5.60 Å². The van der Waals surface area contributed by atoms with Crippen molar-refractivity contribution in [3.63, 3.8) is 0 Å². The Morgan fingerprint density at radius 3 is 2.50 bits per heavy atom. The number of alkyl halides is 1. The molecule has 0 aliphatic heterocycles. The van der Waals surface area contributed by atoms with Gasteiger partial charge in [0.15, 0.2) is 0 Å². The summed E-state index contributed by atoms with van der Waals surface area (Å²) in [7, 11) is 0. The summed E-state index contributed by atoms with van der Waals surface area (Å²) in [5, 5.41) is 9.86. The van der Waals surface area contributed by atoms with Gasteiger partial charge in [-0.1, -0.05) is 45.5 Å². The van der Waals surface area contributed by atoms with Crippen molar-refractivity contribution in [3.8, 4) is 12.3 Å². The van der Waals surface area contributed by atoms with Crippen molar-refractivity contribution in [3.05, 3.63) is 0 Å². The van der Waals surface area contributed by atoms with Gasteiger partial charge < -0.3 is 5.11 Å². The zero-order valence-corrected chi connectivity index (χ0v) is 9.98. The van der Waals surface area contributed by atoms with Crippen LogP contribution in [0.2, 0.25) is 0 Å². The van der Waals surface area contributed by atoms with Crippen molar-refractivity contribution in [2.75, 3.05) is 5.88 Å². The van der Waals surface area contributed by atoms with Crippen molar-refractivity contribution in [2.24, 2.45) is 5.92 Å². The van der Waals surface area contributed by atoms with E-state index >= 15 is 0 Å². The largest absolute Gasteiger partial charge is 0.376 e. The molecule has 14 heavy (non-hydrogen) atoms. The standard InChI is InChI=1S/C12H21ClO/c1-4-7-8-11(5-2)9-12(14,6-3)10-13/h3,11,14H,4-5,7-10H2,1-2H3. The predicted octanol–water partition coefficient (Wildman–Crippen LogP) is 3.20. The van der Waals surface area contributed by atoms with Gasteiger partial charge in [0.2, 0.25) is 0 Å². The molecule has 0 aromatic heterocycles. The third-order valence-electron chi connectivity index (χ3n) is 2.66. The van der Waals surface area contributed by atoms with Crippen LogP contribution in [-0.4, -0.2) is 16.6 Å². The monoisotopic (exact) mass is 216 g/mol. The molecule has 0 amide bonds. The van der Waals surface area contributed by atoms with Crippen LogP contribution in [0.4, 0.5) is 0 Å². The average molecular weight is 217 g/mol. The minimum absolute atomic E-state index is 0.131. The van der Waals surface area contributed by atoms with Gasteiger partial charge in [-0.25, -0.2) is 0 Å². The van der Waals surface area contributed by atoms with E-state index in [-0.39, 0.29) is 5.88 Å². The van der Waals surface area contributed by atoms with Gasteiger partial charge in [-0.3, -0.25) is 0 Å². The van der Waals surface area contributed by atoms with Gasteiger partial charge in [0.25, 0.3) is 0 Å². The van der Waals surface area contributed by atoms with Crippen LogP contribution in [-0.2, 0) is 0 Å². The van der Waals surface area contributed by atoms with Crippen molar-refractivity contribution < 1.29 is 5.11 Å². The molecule has 0 heterocycles. The van der Waals surface area contributed by atoms with E-state index < -0.39 is 5.60 Å². The highest BCUT2D eigenvalue weighted by atomic mass is 35.5. The van der Waals surface area contributed by atoms with Gasteiger partial charge in [-0.15, -0.1) is 18.0 Å². The molecule has 2 heteroatoms. The van der Waals surface area contributed by atoms with Gasteiger partial charge in [0.05, 0.1) is 5.88 Å². The Kier molecular flexibility index (Phi) is 7.05. The van der Waals surface area contributed by atoms with Crippen molar-refractivity contribution in [1.29, 1.82) is 0 Å². The van der Waals surface area contributed by atoms with Gasteiger partial charge in [0, 0.05) is 0 Å². The Bertz CT molecular complexity index is 185. The highest BCUT2D eigenvalue weighted by Gasteiger charge is 2.26. The summed E-state index contributed by atoms with van der Waals surface area (Å²) in [5.74, 6) is 3.02. The van der Waals surface area contributed by atoms with Crippen LogP contribution in [0.5, 0.6) is 0 Å². The van der Waals surface area contributed by atoms with E-state index in [1.54, 1.807) is 0 Å². The summed E-state index contributed by atoms with van der Waals surface area (Å²) in [6.45, 7) is 4.30. The van der Waals surface area contributed by atoms with E-state index in [0.717, 1.165) is 12.8 Å². The SMILES string of the molecule is C#CC(O)(CCl)CC(CC)CCCC. The highest BCUT2D eigenvalue weighted by molar-refractivity contribution is 6.18. The first-order chi connectivity index (χ1) is 6.61. The van der Waals surface area contributed by atoms with Crippen LogP contribution in [0.1, 0.15) is 46.0 Å². The maximum atomic E-state index is 9.86. The highest BCUT2D eigenvalue weighted by Crippen LogP contribution is 2.24. The molecular formula is C12H21ClO. The fourth-order valence-electron chi connectivity index (χ4n) is 1.57. The normalized spacial score (nSPS) is 17.1. The molecule has 0 saturated carbocycles. The van der Waals surface area contributed by atoms with Gasteiger partial charge >= 0.3 is 0 Å². The summed E-state index contributed by atoms with van der Waals surface area (Å²) < 4.78 is 0. The summed E-state index contributed by atoms with van der Waals surface area (Å²) in [6, 6.07) is 0. The molecule has 0 radical (unpaired) electrons. The molecule has 0 aliphatic rings. The second-order valence-corrected chi connectivity index (χ2v) is 4.20. The average Bonchev–Trinajstić information content (AvgIpc) is 2.23. The maximum Gasteiger partial charge on any atom is 0.138 e. The number of hydrogen-bond acceptors (Lipinski definition) is 1. The first kappa shape index (κ1) is 13.8. The van der Waals surface area contributed by atoms with Crippen LogP contribution in [0, 0.1) is 18.3 Å². The Balaban J connectivity index is 4.09. The minimum atomic E-state index is -1.10. The molecule has 0 bridgehead atoms. The summed E-state index contributed by atoms with van der Waals surface area (Å²) in [4.78, 5) is 0. The zero-order valence-electron chi connectivity index (χ0n) is 9.22. The van der Waals surface area contributed by atoms with E-state index in [0.29, 0.717) is 12.3 Å². The van der Waals surface area contributed by atoms with Crippen molar-refractivity contribution in [2.45, 2.75) is 51.6 Å². The molecule has 0 aliphatic carbocycles. The van der Waals surface area contributed by atoms with Crippen molar-refractivity contribution in [1.82, 2.24) is 0 Å². The smallest absolute Gasteiger partial charge is 0.138 e.